The van der Waals surface area contributed by atoms with E-state index in [1.165, 1.54) is 38.5 Å². The van der Waals surface area contributed by atoms with Crippen LogP contribution in [0.5, 0.6) is 0 Å². The topological polar surface area (TPSA) is 4.93 Å². The molecule has 0 unspecified atom stereocenters. The molecule has 0 atom stereocenters. The van der Waals surface area contributed by atoms with Crippen molar-refractivity contribution in [3.8, 4) is 5.69 Å². The standard InChI is InChI=1S/C18H14N.C6H7.2ClH.Zr/c1-13-11-15-6-4-8-18(16(15)12-13)19-10-9-14-5-2-3-7-17(14)19;1-6-4-2-3-5-6;;;/h2-12H,1H3;2-5H,1H3;2*1H;/q2*-1;;;+4/p-2. The Bertz CT molecular complexity index is 1120. The molecule has 1 nitrogen and oxygen atoms in total. The number of aryl methyl sites for hydroxylation is 2. The summed E-state index contributed by atoms with van der Waals surface area (Å²) >= 11 is 0. The molecule has 1 aromatic heterocycles. The number of aromatic nitrogens is 1. The predicted octanol–water partition coefficient (Wildman–Crippen LogP) is 0.530. The minimum absolute atomic E-state index is 0. The maximum absolute atomic E-state index is 2.27. The molecule has 4 heteroatoms. The molecule has 0 saturated heterocycles. The Kier molecular flexibility index (Phi) is 9.44. The summed E-state index contributed by atoms with van der Waals surface area (Å²) < 4.78 is 2.27. The van der Waals surface area contributed by atoms with Gasteiger partial charge in [-0.15, -0.1) is 34.5 Å². The zero-order valence-electron chi connectivity index (χ0n) is 15.9. The molecule has 5 aromatic rings. The fraction of sp³-hybridized carbons (Fsp3) is 0.0833. The second-order valence-corrected chi connectivity index (χ2v) is 6.52. The van der Waals surface area contributed by atoms with Crippen LogP contribution in [0.1, 0.15) is 11.1 Å². The molecule has 0 N–H and O–H groups in total. The van der Waals surface area contributed by atoms with Crippen molar-refractivity contribution in [2.45, 2.75) is 13.8 Å². The van der Waals surface area contributed by atoms with Gasteiger partial charge in [0.15, 0.2) is 0 Å². The Balaban J connectivity index is 0.000000380. The van der Waals surface area contributed by atoms with Crippen molar-refractivity contribution in [3.63, 3.8) is 0 Å². The normalized spacial score (nSPS) is 9.64. The second kappa shape index (κ2) is 10.8. The zero-order chi connectivity index (χ0) is 17.2. The van der Waals surface area contributed by atoms with Crippen LogP contribution in [0.25, 0.3) is 27.4 Å². The average Bonchev–Trinajstić information content (AvgIpc) is 3.33. The number of para-hydroxylation sites is 1. The van der Waals surface area contributed by atoms with Crippen LogP contribution in [0.15, 0.2) is 91.1 Å². The van der Waals surface area contributed by atoms with E-state index in [-0.39, 0.29) is 51.0 Å². The number of hydrogen-bond donors (Lipinski definition) is 0. The van der Waals surface area contributed by atoms with Crippen molar-refractivity contribution in [3.05, 3.63) is 102 Å². The van der Waals surface area contributed by atoms with E-state index in [2.05, 4.69) is 97.4 Å². The van der Waals surface area contributed by atoms with Crippen LogP contribution in [0.2, 0.25) is 0 Å². The predicted molar refractivity (Wildman–Crippen MR) is 108 cm³/mol. The van der Waals surface area contributed by atoms with Crippen LogP contribution in [-0.2, 0) is 26.2 Å². The third-order valence-electron chi connectivity index (χ3n) is 4.56. The van der Waals surface area contributed by atoms with Gasteiger partial charge in [0.1, 0.15) is 0 Å². The molecule has 0 aliphatic carbocycles. The monoisotopic (exact) mass is 483 g/mol. The molecule has 140 valence electrons. The Morgan fingerprint density at radius 2 is 1.57 bits per heavy atom. The van der Waals surface area contributed by atoms with Gasteiger partial charge in [0.2, 0.25) is 0 Å². The van der Waals surface area contributed by atoms with Crippen molar-refractivity contribution in [1.29, 1.82) is 0 Å². The van der Waals surface area contributed by atoms with Crippen molar-refractivity contribution >= 4 is 21.7 Å². The summed E-state index contributed by atoms with van der Waals surface area (Å²) in [5.41, 5.74) is 5.18. The SMILES string of the molecule is C[c-]1cccc1.Cc1cc2c(-n3ccc4ccccc43)cccc2[cH-]1.[Cl-].[Cl-].[Zr+4]. The molecule has 0 radical (unpaired) electrons. The van der Waals surface area contributed by atoms with Gasteiger partial charge >= 0.3 is 26.2 Å². The van der Waals surface area contributed by atoms with E-state index < -0.39 is 0 Å². The molecule has 0 fully saturated rings. The van der Waals surface area contributed by atoms with Crippen LogP contribution >= 0.6 is 0 Å². The van der Waals surface area contributed by atoms with Crippen LogP contribution in [0.3, 0.4) is 0 Å². The summed E-state index contributed by atoms with van der Waals surface area (Å²) in [6.07, 6.45) is 2.15. The zero-order valence-corrected chi connectivity index (χ0v) is 19.8. The summed E-state index contributed by atoms with van der Waals surface area (Å²) in [5, 5.41) is 3.91. The molecule has 1 heterocycles. The molecule has 0 aliphatic heterocycles. The fourth-order valence-corrected chi connectivity index (χ4v) is 3.34. The molecule has 0 spiro atoms. The van der Waals surface area contributed by atoms with E-state index >= 15 is 0 Å². The quantitative estimate of drug-likeness (QED) is 0.306. The molecule has 0 saturated carbocycles. The maximum Gasteiger partial charge on any atom is 4.00 e. The van der Waals surface area contributed by atoms with E-state index in [1.807, 2.05) is 12.1 Å². The van der Waals surface area contributed by atoms with Gasteiger partial charge in [-0.2, -0.15) is 23.8 Å². The Hall–Kier alpha value is -1.60. The molecule has 0 bridgehead atoms. The number of rotatable bonds is 1. The summed E-state index contributed by atoms with van der Waals surface area (Å²) in [6.45, 7) is 4.23. The van der Waals surface area contributed by atoms with Crippen molar-refractivity contribution < 1.29 is 51.0 Å². The number of halogens is 2. The van der Waals surface area contributed by atoms with Crippen LogP contribution in [0, 0.1) is 13.8 Å². The first-order valence-electron chi connectivity index (χ1n) is 8.63. The Labute approximate surface area is 198 Å². The maximum atomic E-state index is 2.27. The minimum Gasteiger partial charge on any atom is -1.00 e. The number of nitrogens with zero attached hydrogens (tertiary/aromatic N) is 1. The van der Waals surface area contributed by atoms with Gasteiger partial charge in [-0.1, -0.05) is 38.1 Å². The van der Waals surface area contributed by atoms with Crippen LogP contribution in [-0.4, -0.2) is 4.57 Å². The Morgan fingerprint density at radius 3 is 2.25 bits per heavy atom. The van der Waals surface area contributed by atoms with Gasteiger partial charge in [0.05, 0.1) is 5.52 Å². The number of hydrogen-bond acceptors (Lipinski definition) is 0. The molecule has 5 rings (SSSR count). The van der Waals surface area contributed by atoms with Gasteiger partial charge in [-0.25, -0.2) is 12.1 Å². The third kappa shape index (κ3) is 5.06. The van der Waals surface area contributed by atoms with Gasteiger partial charge in [-0.3, -0.25) is 0 Å². The first kappa shape index (κ1) is 24.4. The molecule has 0 amide bonds. The average molecular weight is 486 g/mol. The van der Waals surface area contributed by atoms with Crippen LogP contribution in [0.4, 0.5) is 0 Å². The third-order valence-corrected chi connectivity index (χ3v) is 4.56. The van der Waals surface area contributed by atoms with E-state index in [0.717, 1.165) is 0 Å². The summed E-state index contributed by atoms with van der Waals surface area (Å²) in [5.74, 6) is 0. The first-order chi connectivity index (χ1) is 12.2. The van der Waals surface area contributed by atoms with E-state index in [9.17, 15) is 0 Å². The summed E-state index contributed by atoms with van der Waals surface area (Å²) in [7, 11) is 0. The summed E-state index contributed by atoms with van der Waals surface area (Å²) in [4.78, 5) is 0. The van der Waals surface area contributed by atoms with Gasteiger partial charge in [0.25, 0.3) is 0 Å². The van der Waals surface area contributed by atoms with Crippen LogP contribution < -0.4 is 24.8 Å². The minimum atomic E-state index is 0. The van der Waals surface area contributed by atoms with Crippen molar-refractivity contribution in [2.75, 3.05) is 0 Å². The second-order valence-electron chi connectivity index (χ2n) is 6.52. The molecule has 0 aliphatic rings. The van der Waals surface area contributed by atoms with Gasteiger partial charge in [-0.05, 0) is 17.5 Å². The Morgan fingerprint density at radius 1 is 0.857 bits per heavy atom. The molecule has 4 aromatic carbocycles. The smallest absolute Gasteiger partial charge is 1.00 e. The number of fused-ring (bicyclic) bond motifs is 2. The van der Waals surface area contributed by atoms with E-state index in [1.54, 1.807) is 0 Å². The number of benzene rings is 2. The van der Waals surface area contributed by atoms with Gasteiger partial charge in [0, 0.05) is 11.9 Å². The molecule has 28 heavy (non-hydrogen) atoms. The van der Waals surface area contributed by atoms with E-state index in [0.29, 0.717) is 0 Å². The van der Waals surface area contributed by atoms with Gasteiger partial charge < -0.3 is 29.4 Å². The first-order valence-corrected chi connectivity index (χ1v) is 8.63. The molecular formula is C24H21Cl2NZr. The van der Waals surface area contributed by atoms with Crippen molar-refractivity contribution in [2.24, 2.45) is 0 Å². The van der Waals surface area contributed by atoms with E-state index in [4.69, 9.17) is 0 Å². The largest absolute Gasteiger partial charge is 4.00 e. The van der Waals surface area contributed by atoms with Crippen molar-refractivity contribution in [1.82, 2.24) is 4.57 Å². The fourth-order valence-electron chi connectivity index (χ4n) is 3.34. The molecular weight excluding hydrogens is 464 g/mol. The summed E-state index contributed by atoms with van der Waals surface area (Å²) in [6, 6.07) is 29.9.